The minimum atomic E-state index is 0.764. The lowest BCUT2D eigenvalue weighted by molar-refractivity contribution is 0.253. The second kappa shape index (κ2) is 15.1. The lowest BCUT2D eigenvalue weighted by Crippen LogP contribution is -2.39. The molecule has 0 aromatic heterocycles. The van der Waals surface area contributed by atoms with Crippen LogP contribution in [-0.4, -0.2) is 12.1 Å². The Balaban J connectivity index is 2.40. The van der Waals surface area contributed by atoms with Gasteiger partial charge in [0.25, 0.3) is 0 Å². The number of nitrogens with one attached hydrogen (secondary N) is 1. The highest BCUT2D eigenvalue weighted by atomic mass is 14.9. The summed E-state index contributed by atoms with van der Waals surface area (Å²) in [6, 6.07) is 1.58. The Hall–Kier alpha value is -0.0400. The minimum absolute atomic E-state index is 0.764. The van der Waals surface area contributed by atoms with E-state index >= 15 is 0 Å². The molecule has 0 bridgehead atoms. The van der Waals surface area contributed by atoms with Crippen molar-refractivity contribution in [3.8, 4) is 0 Å². The van der Waals surface area contributed by atoms with Crippen LogP contribution in [0.4, 0.5) is 0 Å². The van der Waals surface area contributed by atoms with Gasteiger partial charge in [0, 0.05) is 12.1 Å². The Kier molecular flexibility index (Phi) is 13.9. The van der Waals surface area contributed by atoms with Gasteiger partial charge in [-0.25, -0.2) is 0 Å². The molecule has 1 rings (SSSR count). The van der Waals surface area contributed by atoms with E-state index < -0.39 is 0 Å². The van der Waals surface area contributed by atoms with E-state index in [9.17, 15) is 0 Å². The highest BCUT2D eigenvalue weighted by Gasteiger charge is 2.21. The van der Waals surface area contributed by atoms with Crippen LogP contribution in [0.3, 0.4) is 0 Å². The van der Waals surface area contributed by atoms with Crippen molar-refractivity contribution in [3.05, 3.63) is 0 Å². The molecule has 0 spiro atoms. The monoisotopic (exact) mass is 351 g/mol. The predicted molar refractivity (Wildman–Crippen MR) is 114 cm³/mol. The zero-order valence-corrected chi connectivity index (χ0v) is 18.1. The van der Waals surface area contributed by atoms with E-state index in [0.29, 0.717) is 0 Å². The minimum Gasteiger partial charge on any atom is -0.311 e. The van der Waals surface area contributed by atoms with Crippen LogP contribution in [0.2, 0.25) is 0 Å². The zero-order valence-electron chi connectivity index (χ0n) is 18.1. The Morgan fingerprint density at radius 1 is 0.760 bits per heavy atom. The second-order valence-electron chi connectivity index (χ2n) is 8.91. The fourth-order valence-corrected chi connectivity index (χ4v) is 4.73. The molecule has 1 heteroatoms. The molecule has 0 saturated heterocycles. The number of hydrogen-bond donors (Lipinski definition) is 1. The third-order valence-corrected chi connectivity index (χ3v) is 6.70. The quantitative estimate of drug-likeness (QED) is 0.296. The summed E-state index contributed by atoms with van der Waals surface area (Å²) in [6.07, 6.45) is 22.8. The third kappa shape index (κ3) is 10.6. The average Bonchev–Trinajstić information content (AvgIpc) is 2.65. The molecule has 150 valence electrons. The summed E-state index contributed by atoms with van der Waals surface area (Å²) >= 11 is 0. The van der Waals surface area contributed by atoms with E-state index in [-0.39, 0.29) is 0 Å². The van der Waals surface area contributed by atoms with Gasteiger partial charge in [0.1, 0.15) is 0 Å². The summed E-state index contributed by atoms with van der Waals surface area (Å²) in [7, 11) is 0. The van der Waals surface area contributed by atoms with Crippen molar-refractivity contribution in [2.24, 2.45) is 11.8 Å². The van der Waals surface area contributed by atoms with Gasteiger partial charge < -0.3 is 5.32 Å². The smallest absolute Gasteiger partial charge is 0.00696 e. The van der Waals surface area contributed by atoms with Crippen LogP contribution in [0.5, 0.6) is 0 Å². The molecule has 1 nitrogen and oxygen atoms in total. The van der Waals surface area contributed by atoms with Crippen LogP contribution in [-0.2, 0) is 0 Å². The summed E-state index contributed by atoms with van der Waals surface area (Å²) in [5, 5.41) is 4.02. The van der Waals surface area contributed by atoms with Gasteiger partial charge in [-0.2, -0.15) is 0 Å². The highest BCUT2D eigenvalue weighted by Crippen LogP contribution is 2.29. The summed E-state index contributed by atoms with van der Waals surface area (Å²) in [5.74, 6) is 1.89. The Morgan fingerprint density at radius 2 is 1.48 bits per heavy atom. The lowest BCUT2D eigenvalue weighted by Gasteiger charge is -2.30. The van der Waals surface area contributed by atoms with Crippen LogP contribution < -0.4 is 5.32 Å². The van der Waals surface area contributed by atoms with Crippen molar-refractivity contribution in [1.29, 1.82) is 0 Å². The molecule has 1 fully saturated rings. The van der Waals surface area contributed by atoms with Crippen molar-refractivity contribution in [2.45, 2.75) is 143 Å². The van der Waals surface area contributed by atoms with Crippen LogP contribution in [0, 0.1) is 11.8 Å². The first-order chi connectivity index (χ1) is 12.2. The normalized spacial score (nSPS) is 19.7. The molecule has 25 heavy (non-hydrogen) atoms. The molecule has 3 atom stereocenters. The molecule has 0 heterocycles. The maximum absolute atomic E-state index is 4.02. The molecular weight excluding hydrogens is 302 g/mol. The molecule has 0 radical (unpaired) electrons. The van der Waals surface area contributed by atoms with Gasteiger partial charge >= 0.3 is 0 Å². The number of hydrogen-bond acceptors (Lipinski definition) is 1. The number of unbranched alkanes of at least 4 members (excludes halogenated alkanes) is 4. The Labute approximate surface area is 160 Å². The van der Waals surface area contributed by atoms with Gasteiger partial charge in [-0.1, -0.05) is 98.3 Å². The van der Waals surface area contributed by atoms with E-state index in [2.05, 4.69) is 33.0 Å². The Morgan fingerprint density at radius 3 is 2.12 bits per heavy atom. The first-order valence-corrected chi connectivity index (χ1v) is 12.0. The molecule has 1 aliphatic carbocycles. The van der Waals surface area contributed by atoms with Crippen LogP contribution >= 0.6 is 0 Å². The maximum Gasteiger partial charge on any atom is 0.00696 e. The van der Waals surface area contributed by atoms with Crippen LogP contribution in [0.1, 0.15) is 130 Å². The van der Waals surface area contributed by atoms with Crippen molar-refractivity contribution >= 4 is 0 Å². The second-order valence-corrected chi connectivity index (χ2v) is 8.91. The molecule has 3 unspecified atom stereocenters. The van der Waals surface area contributed by atoms with Gasteiger partial charge in [0.2, 0.25) is 0 Å². The van der Waals surface area contributed by atoms with Crippen molar-refractivity contribution in [2.75, 3.05) is 0 Å². The summed E-state index contributed by atoms with van der Waals surface area (Å²) in [4.78, 5) is 0. The van der Waals surface area contributed by atoms with E-state index in [1.165, 1.54) is 103 Å². The third-order valence-electron chi connectivity index (χ3n) is 6.70. The van der Waals surface area contributed by atoms with Crippen LogP contribution in [0.15, 0.2) is 0 Å². The predicted octanol–water partition coefficient (Wildman–Crippen LogP) is 7.88. The summed E-state index contributed by atoms with van der Waals surface area (Å²) in [5.41, 5.74) is 0. The van der Waals surface area contributed by atoms with Crippen molar-refractivity contribution < 1.29 is 0 Å². The van der Waals surface area contributed by atoms with Gasteiger partial charge in [0.05, 0.1) is 0 Å². The van der Waals surface area contributed by atoms with E-state index in [0.717, 1.165) is 23.9 Å². The maximum atomic E-state index is 4.02. The summed E-state index contributed by atoms with van der Waals surface area (Å²) in [6.45, 7) is 9.58. The first kappa shape index (κ1) is 23.0. The van der Waals surface area contributed by atoms with Crippen molar-refractivity contribution in [1.82, 2.24) is 5.32 Å². The molecule has 1 aliphatic rings. The molecule has 1 N–H and O–H groups in total. The lowest BCUT2D eigenvalue weighted by atomic mass is 9.81. The van der Waals surface area contributed by atoms with E-state index in [1.807, 2.05) is 0 Å². The fraction of sp³-hybridized carbons (Fsp3) is 1.00. The van der Waals surface area contributed by atoms with Crippen molar-refractivity contribution in [3.63, 3.8) is 0 Å². The van der Waals surface area contributed by atoms with Gasteiger partial charge in [-0.3, -0.25) is 0 Å². The average molecular weight is 352 g/mol. The fourth-order valence-electron chi connectivity index (χ4n) is 4.73. The van der Waals surface area contributed by atoms with Gasteiger partial charge in [0.15, 0.2) is 0 Å². The topological polar surface area (TPSA) is 12.0 Å². The highest BCUT2D eigenvalue weighted by molar-refractivity contribution is 4.78. The van der Waals surface area contributed by atoms with E-state index in [4.69, 9.17) is 0 Å². The zero-order chi connectivity index (χ0) is 18.3. The number of rotatable bonds is 15. The molecule has 0 amide bonds. The largest absolute Gasteiger partial charge is 0.311 e. The Bertz CT molecular complexity index is 282. The molecule has 0 aliphatic heterocycles. The van der Waals surface area contributed by atoms with E-state index in [1.54, 1.807) is 0 Å². The molecular formula is C24H49N. The summed E-state index contributed by atoms with van der Waals surface area (Å²) < 4.78 is 0. The molecule has 0 aromatic rings. The van der Waals surface area contributed by atoms with Gasteiger partial charge in [-0.05, 0) is 43.9 Å². The van der Waals surface area contributed by atoms with Crippen LogP contribution in [0.25, 0.3) is 0 Å². The first-order valence-electron chi connectivity index (χ1n) is 12.0. The molecule has 0 aromatic carbocycles. The van der Waals surface area contributed by atoms with Gasteiger partial charge in [-0.15, -0.1) is 0 Å². The molecule has 1 saturated carbocycles. The SMILES string of the molecule is CCCCCCC(CCC(CC)NC1CCCCC1)C(C)CCCC. The standard InChI is InChI=1S/C24H49N/c1-5-8-10-12-16-22(21(4)15-9-6-2)19-20-23(7-3)25-24-17-13-11-14-18-24/h21-25H,5-20H2,1-4H3.